The molecule has 0 heterocycles. The molecule has 3 rings (SSSR count). The average Bonchev–Trinajstić information content (AvgIpc) is 2.82. The van der Waals surface area contributed by atoms with Gasteiger partial charge in [-0.2, -0.15) is 0 Å². The lowest BCUT2D eigenvalue weighted by Gasteiger charge is -2.33. The lowest BCUT2D eigenvalue weighted by atomic mass is 9.95. The zero-order valence-corrected chi connectivity index (χ0v) is 22.1. The molecule has 1 N–H and O–H groups in total. The summed E-state index contributed by atoms with van der Waals surface area (Å²) in [6.45, 7) is 4.52. The van der Waals surface area contributed by atoms with Gasteiger partial charge in [-0.15, -0.1) is 11.8 Å². The second-order valence-corrected chi connectivity index (χ2v) is 10.7. The van der Waals surface area contributed by atoms with Crippen LogP contribution in [0, 0.1) is 6.92 Å². The number of hydrogen-bond acceptors (Lipinski definition) is 3. The summed E-state index contributed by atoms with van der Waals surface area (Å²) in [4.78, 5) is 28.5. The van der Waals surface area contributed by atoms with Crippen LogP contribution in [0.5, 0.6) is 0 Å². The van der Waals surface area contributed by atoms with Crippen LogP contribution in [-0.4, -0.2) is 34.6 Å². The van der Waals surface area contributed by atoms with Crippen molar-refractivity contribution in [3.8, 4) is 0 Å². The van der Waals surface area contributed by atoms with Crippen LogP contribution in [0.2, 0.25) is 0 Å². The third-order valence-corrected chi connectivity index (χ3v) is 7.86. The summed E-state index contributed by atoms with van der Waals surface area (Å²) in [5.41, 5.74) is 3.41. The Bertz CT molecular complexity index is 913. The van der Waals surface area contributed by atoms with Crippen LogP contribution in [0.1, 0.15) is 62.1 Å². The molecule has 0 saturated heterocycles. The van der Waals surface area contributed by atoms with Gasteiger partial charge in [-0.25, -0.2) is 0 Å². The van der Waals surface area contributed by atoms with E-state index in [2.05, 4.69) is 52.4 Å². The molecule has 1 unspecified atom stereocenters. The number of halogens is 1. The lowest BCUT2D eigenvalue weighted by Crippen LogP contribution is -2.52. The summed E-state index contributed by atoms with van der Waals surface area (Å²) in [5.74, 6) is 1.13. The van der Waals surface area contributed by atoms with E-state index in [0.717, 1.165) is 34.2 Å². The van der Waals surface area contributed by atoms with Crippen molar-refractivity contribution in [1.29, 1.82) is 0 Å². The van der Waals surface area contributed by atoms with Gasteiger partial charge in [0.2, 0.25) is 11.8 Å². The molecule has 1 aliphatic carbocycles. The maximum absolute atomic E-state index is 13.4. The first-order chi connectivity index (χ1) is 16.0. The molecule has 1 aliphatic rings. The number of nitrogens with zero attached hydrogens (tertiary/aromatic N) is 1. The highest BCUT2D eigenvalue weighted by Crippen LogP contribution is 2.21. The third-order valence-electron chi connectivity index (χ3n) is 6.35. The highest BCUT2D eigenvalue weighted by molar-refractivity contribution is 9.10. The fraction of sp³-hybridized carbons (Fsp3) is 0.481. The molecule has 2 aromatic carbocycles. The van der Waals surface area contributed by atoms with Gasteiger partial charge in [0.25, 0.3) is 0 Å². The molecule has 1 saturated carbocycles. The zero-order valence-electron chi connectivity index (χ0n) is 19.7. The fourth-order valence-electron chi connectivity index (χ4n) is 4.35. The van der Waals surface area contributed by atoms with Crippen LogP contribution in [0.15, 0.2) is 53.0 Å². The molecular formula is C27H35BrN2O2S. The van der Waals surface area contributed by atoms with Crippen molar-refractivity contribution in [2.24, 2.45) is 0 Å². The molecule has 0 aromatic heterocycles. The molecule has 4 nitrogen and oxygen atoms in total. The van der Waals surface area contributed by atoms with Gasteiger partial charge in [0, 0.05) is 22.8 Å². The molecule has 1 atom stereocenters. The van der Waals surface area contributed by atoms with Gasteiger partial charge in [0.15, 0.2) is 0 Å². The van der Waals surface area contributed by atoms with Crippen LogP contribution < -0.4 is 5.32 Å². The predicted molar refractivity (Wildman–Crippen MR) is 141 cm³/mol. The van der Waals surface area contributed by atoms with E-state index < -0.39 is 6.04 Å². The number of carbonyl (C=O) groups is 2. The molecule has 0 spiro atoms. The third kappa shape index (κ3) is 7.89. The van der Waals surface area contributed by atoms with E-state index in [0.29, 0.717) is 18.7 Å². The first-order valence-electron chi connectivity index (χ1n) is 11.9. The molecule has 0 bridgehead atoms. The summed E-state index contributed by atoms with van der Waals surface area (Å²) in [6, 6.07) is 16.1. The number of nitrogens with one attached hydrogen (secondary N) is 1. The smallest absolute Gasteiger partial charge is 0.243 e. The minimum absolute atomic E-state index is 0.00996. The molecule has 2 amide bonds. The Kier molecular flexibility index (Phi) is 10.3. The Morgan fingerprint density at radius 3 is 2.45 bits per heavy atom. The molecule has 0 radical (unpaired) electrons. The number of aryl methyl sites for hydroxylation is 1. The van der Waals surface area contributed by atoms with Crippen LogP contribution >= 0.6 is 27.7 Å². The van der Waals surface area contributed by atoms with Gasteiger partial charge in [-0.1, -0.05) is 78.5 Å². The normalized spacial score (nSPS) is 15.1. The SMILES string of the molecule is CCC(C(=O)NC1CCCCC1)N(Cc1ccccc1C)C(=O)CSCc1ccc(Br)cc1. The summed E-state index contributed by atoms with van der Waals surface area (Å²) < 4.78 is 1.05. The number of carbonyl (C=O) groups excluding carboxylic acids is 2. The lowest BCUT2D eigenvalue weighted by molar-refractivity contribution is -0.139. The summed E-state index contributed by atoms with van der Waals surface area (Å²) in [7, 11) is 0. The molecule has 1 fully saturated rings. The van der Waals surface area contributed by atoms with Crippen molar-refractivity contribution in [1.82, 2.24) is 10.2 Å². The van der Waals surface area contributed by atoms with Gasteiger partial charge >= 0.3 is 0 Å². The molecule has 178 valence electrons. The van der Waals surface area contributed by atoms with E-state index in [-0.39, 0.29) is 17.9 Å². The number of hydrogen-bond donors (Lipinski definition) is 1. The van der Waals surface area contributed by atoms with Crippen LogP contribution in [-0.2, 0) is 21.9 Å². The number of amides is 2. The quantitative estimate of drug-likeness (QED) is 0.395. The molecule has 2 aromatic rings. The van der Waals surface area contributed by atoms with E-state index in [9.17, 15) is 9.59 Å². The topological polar surface area (TPSA) is 49.4 Å². The second kappa shape index (κ2) is 13.2. The molecule has 6 heteroatoms. The maximum Gasteiger partial charge on any atom is 0.243 e. The number of benzene rings is 2. The monoisotopic (exact) mass is 530 g/mol. The Morgan fingerprint density at radius 1 is 1.09 bits per heavy atom. The standard InChI is InChI=1S/C27H35BrN2O2S/c1-3-25(27(32)29-24-11-5-4-6-12-24)30(17-22-10-8-7-9-20(22)2)26(31)19-33-18-21-13-15-23(28)16-14-21/h7-10,13-16,24-25H,3-6,11-12,17-19H2,1-2H3,(H,29,32). The molecule has 33 heavy (non-hydrogen) atoms. The maximum atomic E-state index is 13.4. The van der Waals surface area contributed by atoms with Crippen molar-refractivity contribution in [2.75, 3.05) is 5.75 Å². The minimum atomic E-state index is -0.452. The van der Waals surface area contributed by atoms with Gasteiger partial charge < -0.3 is 10.2 Å². The number of rotatable bonds is 10. The Hall–Kier alpha value is -1.79. The van der Waals surface area contributed by atoms with E-state index in [1.807, 2.05) is 31.2 Å². The Balaban J connectivity index is 1.70. The van der Waals surface area contributed by atoms with E-state index in [4.69, 9.17) is 0 Å². The van der Waals surface area contributed by atoms with Crippen molar-refractivity contribution in [3.05, 3.63) is 69.7 Å². The van der Waals surface area contributed by atoms with Gasteiger partial charge in [-0.05, 0) is 55.0 Å². The largest absolute Gasteiger partial charge is 0.352 e. The van der Waals surface area contributed by atoms with Crippen molar-refractivity contribution >= 4 is 39.5 Å². The highest BCUT2D eigenvalue weighted by atomic mass is 79.9. The van der Waals surface area contributed by atoms with Gasteiger partial charge in [-0.3, -0.25) is 9.59 Å². The Labute approximate surface area is 211 Å². The van der Waals surface area contributed by atoms with Crippen LogP contribution in [0.4, 0.5) is 0 Å². The second-order valence-electron chi connectivity index (χ2n) is 8.83. The minimum Gasteiger partial charge on any atom is -0.352 e. The average molecular weight is 532 g/mol. The summed E-state index contributed by atoms with van der Waals surface area (Å²) in [5, 5.41) is 3.25. The van der Waals surface area contributed by atoms with Crippen molar-refractivity contribution in [3.63, 3.8) is 0 Å². The van der Waals surface area contributed by atoms with E-state index in [1.54, 1.807) is 16.7 Å². The zero-order chi connectivity index (χ0) is 23.6. The van der Waals surface area contributed by atoms with Gasteiger partial charge in [0.05, 0.1) is 5.75 Å². The predicted octanol–water partition coefficient (Wildman–Crippen LogP) is 6.25. The summed E-state index contributed by atoms with van der Waals surface area (Å²) >= 11 is 5.06. The summed E-state index contributed by atoms with van der Waals surface area (Å²) in [6.07, 6.45) is 6.26. The van der Waals surface area contributed by atoms with Crippen LogP contribution in [0.3, 0.4) is 0 Å². The Morgan fingerprint density at radius 2 is 1.79 bits per heavy atom. The first-order valence-corrected chi connectivity index (χ1v) is 13.9. The van der Waals surface area contributed by atoms with Crippen molar-refractivity contribution < 1.29 is 9.59 Å². The molecule has 0 aliphatic heterocycles. The highest BCUT2D eigenvalue weighted by Gasteiger charge is 2.30. The van der Waals surface area contributed by atoms with E-state index >= 15 is 0 Å². The van der Waals surface area contributed by atoms with Crippen molar-refractivity contribution in [2.45, 2.75) is 76.8 Å². The first kappa shape index (κ1) is 25.8. The number of thioether (sulfide) groups is 1. The van der Waals surface area contributed by atoms with Gasteiger partial charge in [0.1, 0.15) is 6.04 Å². The fourth-order valence-corrected chi connectivity index (χ4v) is 5.49. The molecular weight excluding hydrogens is 496 g/mol. The van der Waals surface area contributed by atoms with E-state index in [1.165, 1.54) is 24.8 Å². The van der Waals surface area contributed by atoms with Crippen LogP contribution in [0.25, 0.3) is 0 Å².